The number of carbonyl (C=O) groups is 1. The summed E-state index contributed by atoms with van der Waals surface area (Å²) in [7, 11) is 4.68. The minimum Gasteiger partial charge on any atom is -0.493 e. The second-order valence-corrected chi connectivity index (χ2v) is 8.50. The van der Waals surface area contributed by atoms with Crippen LogP contribution in [0.15, 0.2) is 71.6 Å². The maximum Gasteiger partial charge on any atom is 0.266 e. The van der Waals surface area contributed by atoms with E-state index in [0.717, 1.165) is 11.1 Å². The predicted molar refractivity (Wildman–Crippen MR) is 130 cm³/mol. The fourth-order valence-electron chi connectivity index (χ4n) is 3.60. The minimum atomic E-state index is -0.239. The summed E-state index contributed by atoms with van der Waals surface area (Å²) in [5.41, 5.74) is 2.45. The first-order valence-corrected chi connectivity index (χ1v) is 11.1. The van der Waals surface area contributed by atoms with Crippen LogP contribution in [-0.2, 0) is 4.79 Å². The Morgan fingerprint density at radius 2 is 1.53 bits per heavy atom. The Hall–Kier alpha value is -3.09. The lowest BCUT2D eigenvalue weighted by Gasteiger charge is -2.24. The zero-order chi connectivity index (χ0) is 22.7. The number of thioether (sulfide) groups is 1. The molecule has 3 aromatic carbocycles. The molecule has 3 aromatic rings. The largest absolute Gasteiger partial charge is 0.493 e. The van der Waals surface area contributed by atoms with Crippen LogP contribution in [0, 0.1) is 0 Å². The van der Waals surface area contributed by atoms with Crippen LogP contribution in [0.5, 0.6) is 17.2 Å². The summed E-state index contributed by atoms with van der Waals surface area (Å²) in [6.07, 6.45) is 1.84. The fourth-order valence-corrected chi connectivity index (χ4v) is 5.08. The molecule has 32 heavy (non-hydrogen) atoms. The molecule has 1 unspecified atom stereocenters. The van der Waals surface area contributed by atoms with Crippen molar-refractivity contribution in [3.05, 3.63) is 87.8 Å². The summed E-state index contributed by atoms with van der Waals surface area (Å²) < 4.78 is 16.3. The molecule has 0 saturated carbocycles. The first-order valence-electron chi connectivity index (χ1n) is 9.88. The van der Waals surface area contributed by atoms with E-state index in [4.69, 9.17) is 25.8 Å². The molecule has 1 heterocycles. The Morgan fingerprint density at radius 3 is 2.12 bits per heavy atom. The molecule has 1 aliphatic heterocycles. The summed E-state index contributed by atoms with van der Waals surface area (Å²) >= 11 is 7.95. The van der Waals surface area contributed by atoms with Crippen molar-refractivity contribution < 1.29 is 19.0 Å². The van der Waals surface area contributed by atoms with Gasteiger partial charge in [-0.05, 0) is 41.5 Å². The van der Waals surface area contributed by atoms with E-state index < -0.39 is 0 Å². The highest BCUT2D eigenvalue weighted by Gasteiger charge is 2.39. The van der Waals surface area contributed by atoms with Crippen LogP contribution in [0.3, 0.4) is 0 Å². The lowest BCUT2D eigenvalue weighted by Crippen LogP contribution is -2.27. The number of halogens is 1. The summed E-state index contributed by atoms with van der Waals surface area (Å²) in [6, 6.07) is 20.9. The number of hydrogen-bond donors (Lipinski definition) is 0. The van der Waals surface area contributed by atoms with Gasteiger partial charge in [0, 0.05) is 0 Å². The maximum absolute atomic E-state index is 13.6. The summed E-state index contributed by atoms with van der Waals surface area (Å²) in [4.78, 5) is 15.9. The molecule has 5 nitrogen and oxygen atoms in total. The third-order valence-corrected chi connectivity index (χ3v) is 6.66. The van der Waals surface area contributed by atoms with E-state index in [1.807, 2.05) is 66.7 Å². The molecule has 1 amide bonds. The molecular formula is C25H22ClNO4S. The number of anilines is 1. The number of hydrogen-bond acceptors (Lipinski definition) is 5. The standard InChI is InChI=1S/C25H22ClNO4S/c1-29-20-13-16(14-21(30-2)23(20)31-3)15-22-24(28)27(19-12-8-7-11-18(19)26)25(32-22)17-9-5-4-6-10-17/h4-15,25H,1-3H3/b22-15+. The smallest absolute Gasteiger partial charge is 0.266 e. The van der Waals surface area contributed by atoms with Crippen molar-refractivity contribution in [3.8, 4) is 17.2 Å². The van der Waals surface area contributed by atoms with E-state index in [2.05, 4.69) is 0 Å². The van der Waals surface area contributed by atoms with E-state index in [0.29, 0.717) is 32.9 Å². The Labute approximate surface area is 196 Å². The molecule has 0 spiro atoms. The monoisotopic (exact) mass is 467 g/mol. The first kappa shape index (κ1) is 22.1. The van der Waals surface area contributed by atoms with Crippen LogP contribution in [0.2, 0.25) is 5.02 Å². The van der Waals surface area contributed by atoms with Crippen LogP contribution < -0.4 is 19.1 Å². The number of carbonyl (C=O) groups excluding carboxylic acids is 1. The molecular weight excluding hydrogens is 446 g/mol. The van der Waals surface area contributed by atoms with Gasteiger partial charge in [-0.15, -0.1) is 0 Å². The minimum absolute atomic E-state index is 0.120. The predicted octanol–water partition coefficient (Wildman–Crippen LogP) is 6.19. The molecule has 4 rings (SSSR count). The van der Waals surface area contributed by atoms with Crippen molar-refractivity contribution >= 4 is 41.0 Å². The first-order chi connectivity index (χ1) is 15.6. The Morgan fingerprint density at radius 1 is 0.906 bits per heavy atom. The number of methoxy groups -OCH3 is 3. The molecule has 0 bridgehead atoms. The summed E-state index contributed by atoms with van der Waals surface area (Å²) in [5, 5.41) is 0.285. The SMILES string of the molecule is COc1cc(/C=C2/SC(c3ccccc3)N(c3ccccc3Cl)C2=O)cc(OC)c1OC. The van der Waals surface area contributed by atoms with E-state index >= 15 is 0 Å². The van der Waals surface area contributed by atoms with E-state index in [1.54, 1.807) is 32.3 Å². The van der Waals surface area contributed by atoms with Crippen molar-refractivity contribution in [1.82, 2.24) is 0 Å². The summed E-state index contributed by atoms with van der Waals surface area (Å²) in [6.45, 7) is 0. The third kappa shape index (κ3) is 4.16. The number of nitrogens with zero attached hydrogens (tertiary/aromatic N) is 1. The van der Waals surface area contributed by atoms with Gasteiger partial charge < -0.3 is 14.2 Å². The quantitative estimate of drug-likeness (QED) is 0.405. The molecule has 7 heteroatoms. The van der Waals surface area contributed by atoms with Gasteiger partial charge in [0.05, 0.1) is 36.9 Å². The lowest BCUT2D eigenvalue weighted by atomic mass is 10.1. The fraction of sp³-hybridized carbons (Fsp3) is 0.160. The van der Waals surface area contributed by atoms with Crippen LogP contribution in [0.4, 0.5) is 5.69 Å². The van der Waals surface area contributed by atoms with Crippen molar-refractivity contribution in [2.75, 3.05) is 26.2 Å². The molecule has 1 saturated heterocycles. The third-order valence-electron chi connectivity index (χ3n) is 5.08. The van der Waals surface area contributed by atoms with Crippen LogP contribution >= 0.6 is 23.4 Å². The molecule has 1 atom stereocenters. The van der Waals surface area contributed by atoms with Crippen molar-refractivity contribution in [3.63, 3.8) is 0 Å². The Kier molecular flexibility index (Phi) is 6.63. The Bertz CT molecular complexity index is 1140. The molecule has 0 aromatic heterocycles. The Balaban J connectivity index is 1.80. The van der Waals surface area contributed by atoms with E-state index in [1.165, 1.54) is 11.8 Å². The van der Waals surface area contributed by atoms with Crippen molar-refractivity contribution in [2.24, 2.45) is 0 Å². The van der Waals surface area contributed by atoms with Gasteiger partial charge >= 0.3 is 0 Å². The molecule has 0 N–H and O–H groups in total. The lowest BCUT2D eigenvalue weighted by molar-refractivity contribution is -0.114. The zero-order valence-electron chi connectivity index (χ0n) is 17.9. The van der Waals surface area contributed by atoms with Gasteiger partial charge in [-0.1, -0.05) is 65.8 Å². The highest BCUT2D eigenvalue weighted by Crippen LogP contribution is 2.50. The number of rotatable bonds is 6. The highest BCUT2D eigenvalue weighted by molar-refractivity contribution is 8.05. The van der Waals surface area contributed by atoms with Crippen molar-refractivity contribution in [2.45, 2.75) is 5.37 Å². The molecule has 1 aliphatic rings. The van der Waals surface area contributed by atoms with Gasteiger partial charge in [0.1, 0.15) is 5.37 Å². The van der Waals surface area contributed by atoms with Gasteiger partial charge in [0.25, 0.3) is 5.91 Å². The highest BCUT2D eigenvalue weighted by atomic mass is 35.5. The normalized spacial score (nSPS) is 17.0. The van der Waals surface area contributed by atoms with E-state index in [-0.39, 0.29) is 11.3 Å². The molecule has 164 valence electrons. The van der Waals surface area contributed by atoms with E-state index in [9.17, 15) is 4.79 Å². The maximum atomic E-state index is 13.6. The molecule has 1 fully saturated rings. The number of ether oxygens (including phenoxy) is 3. The zero-order valence-corrected chi connectivity index (χ0v) is 19.4. The van der Waals surface area contributed by atoms with Crippen LogP contribution in [0.25, 0.3) is 6.08 Å². The number of amides is 1. The van der Waals surface area contributed by atoms with Crippen molar-refractivity contribution in [1.29, 1.82) is 0 Å². The summed E-state index contributed by atoms with van der Waals surface area (Å²) in [5.74, 6) is 1.43. The number of benzene rings is 3. The van der Waals surface area contributed by atoms with Crippen LogP contribution in [0.1, 0.15) is 16.5 Å². The molecule has 0 aliphatic carbocycles. The second-order valence-electron chi connectivity index (χ2n) is 6.97. The van der Waals surface area contributed by atoms with Crippen LogP contribution in [-0.4, -0.2) is 27.2 Å². The average Bonchev–Trinajstić information content (AvgIpc) is 3.14. The van der Waals surface area contributed by atoms with Gasteiger partial charge in [-0.25, -0.2) is 0 Å². The molecule has 0 radical (unpaired) electrons. The van der Waals surface area contributed by atoms with Gasteiger partial charge in [-0.3, -0.25) is 9.69 Å². The van der Waals surface area contributed by atoms with Gasteiger partial charge in [0.15, 0.2) is 11.5 Å². The number of para-hydroxylation sites is 1. The van der Waals surface area contributed by atoms with Gasteiger partial charge in [0.2, 0.25) is 5.75 Å². The second kappa shape index (κ2) is 9.59. The van der Waals surface area contributed by atoms with Gasteiger partial charge in [-0.2, -0.15) is 0 Å². The topological polar surface area (TPSA) is 48.0 Å². The average molecular weight is 468 g/mol.